The lowest BCUT2D eigenvalue weighted by Gasteiger charge is -2.20. The van der Waals surface area contributed by atoms with Crippen LogP contribution in [-0.2, 0) is 14.8 Å². The molecule has 178 valence electrons. The largest absolute Gasteiger partial charge is 0.494 e. The van der Waals surface area contributed by atoms with Crippen LogP contribution in [0.4, 0.5) is 5.69 Å². The summed E-state index contributed by atoms with van der Waals surface area (Å²) < 4.78 is 38.1. The third-order valence-electron chi connectivity index (χ3n) is 5.31. The van der Waals surface area contributed by atoms with Gasteiger partial charge in [0.15, 0.2) is 12.4 Å². The van der Waals surface area contributed by atoms with Gasteiger partial charge in [0.05, 0.1) is 22.8 Å². The Labute approximate surface area is 200 Å². The topological polar surface area (TPSA) is 90.0 Å². The minimum Gasteiger partial charge on any atom is -0.494 e. The third kappa shape index (κ3) is 5.63. The van der Waals surface area contributed by atoms with Crippen LogP contribution in [0.2, 0.25) is 0 Å². The maximum Gasteiger partial charge on any atom is 0.338 e. The van der Waals surface area contributed by atoms with Crippen molar-refractivity contribution in [2.45, 2.75) is 25.7 Å². The number of carbonyl (C=O) groups is 2. The van der Waals surface area contributed by atoms with E-state index >= 15 is 0 Å². The first kappa shape index (κ1) is 25.0. The SMILES string of the molecule is CCOc1ccc(N(C)S(=O)(=O)c2ccc(C)c(C(=O)OCC(=O)c3ccc(C)cc3)c2)cc1. The second kappa shape index (κ2) is 10.5. The van der Waals surface area contributed by atoms with Crippen LogP contribution in [0.3, 0.4) is 0 Å². The van der Waals surface area contributed by atoms with Gasteiger partial charge < -0.3 is 9.47 Å². The lowest BCUT2D eigenvalue weighted by molar-refractivity contribution is 0.0473. The molecule has 0 atom stereocenters. The van der Waals surface area contributed by atoms with Gasteiger partial charge in [0.1, 0.15) is 5.75 Å². The first-order valence-corrected chi connectivity index (χ1v) is 12.2. The van der Waals surface area contributed by atoms with Crippen molar-refractivity contribution in [3.63, 3.8) is 0 Å². The number of aryl methyl sites for hydroxylation is 2. The van der Waals surface area contributed by atoms with Gasteiger partial charge >= 0.3 is 5.97 Å². The Bertz CT molecular complexity index is 1280. The lowest BCUT2D eigenvalue weighted by atomic mass is 10.1. The van der Waals surface area contributed by atoms with Gasteiger partial charge in [0.2, 0.25) is 0 Å². The number of anilines is 1. The molecular weight excluding hydrogens is 454 g/mol. The highest BCUT2D eigenvalue weighted by Crippen LogP contribution is 2.26. The summed E-state index contributed by atoms with van der Waals surface area (Å²) >= 11 is 0. The quantitative estimate of drug-likeness (QED) is 0.329. The number of esters is 1. The van der Waals surface area contributed by atoms with Gasteiger partial charge in [-0.1, -0.05) is 35.9 Å². The third-order valence-corrected chi connectivity index (χ3v) is 7.09. The zero-order valence-corrected chi connectivity index (χ0v) is 20.4. The highest BCUT2D eigenvalue weighted by atomic mass is 32.2. The van der Waals surface area contributed by atoms with E-state index in [0.717, 1.165) is 9.87 Å². The number of hydrogen-bond acceptors (Lipinski definition) is 6. The number of sulfonamides is 1. The normalized spacial score (nSPS) is 11.1. The van der Waals surface area contributed by atoms with E-state index in [1.165, 1.54) is 25.2 Å². The second-order valence-electron chi connectivity index (χ2n) is 7.74. The first-order chi connectivity index (χ1) is 16.1. The fourth-order valence-electron chi connectivity index (χ4n) is 3.23. The van der Waals surface area contributed by atoms with Crippen molar-refractivity contribution in [1.82, 2.24) is 0 Å². The number of nitrogens with zero attached hydrogens (tertiary/aromatic N) is 1. The number of ether oxygens (including phenoxy) is 2. The van der Waals surface area contributed by atoms with Crippen LogP contribution in [0.15, 0.2) is 71.6 Å². The fourth-order valence-corrected chi connectivity index (χ4v) is 4.45. The molecule has 3 aromatic carbocycles. The van der Waals surface area contributed by atoms with Crippen LogP contribution in [0.25, 0.3) is 0 Å². The Hall–Kier alpha value is -3.65. The minimum atomic E-state index is -3.95. The summed E-state index contributed by atoms with van der Waals surface area (Å²) in [5.41, 5.74) is 2.51. The van der Waals surface area contributed by atoms with E-state index in [-0.39, 0.29) is 16.2 Å². The van der Waals surface area contributed by atoms with E-state index in [4.69, 9.17) is 9.47 Å². The molecule has 7 nitrogen and oxygen atoms in total. The summed E-state index contributed by atoms with van der Waals surface area (Å²) in [7, 11) is -2.52. The molecule has 0 N–H and O–H groups in total. The van der Waals surface area contributed by atoms with Crippen LogP contribution >= 0.6 is 0 Å². The molecule has 0 aromatic heterocycles. The van der Waals surface area contributed by atoms with E-state index in [9.17, 15) is 18.0 Å². The number of benzene rings is 3. The highest BCUT2D eigenvalue weighted by molar-refractivity contribution is 7.92. The fraction of sp³-hybridized carbons (Fsp3) is 0.231. The van der Waals surface area contributed by atoms with Gasteiger partial charge in [-0.05, 0) is 62.7 Å². The number of rotatable bonds is 9. The molecule has 3 rings (SSSR count). The van der Waals surface area contributed by atoms with Crippen LogP contribution in [-0.4, -0.2) is 40.4 Å². The van der Waals surface area contributed by atoms with Crippen molar-refractivity contribution in [2.24, 2.45) is 0 Å². The van der Waals surface area contributed by atoms with Crippen LogP contribution in [0, 0.1) is 13.8 Å². The second-order valence-corrected chi connectivity index (χ2v) is 9.71. The predicted molar refractivity (Wildman–Crippen MR) is 130 cm³/mol. The molecule has 0 bridgehead atoms. The van der Waals surface area contributed by atoms with Gasteiger partial charge in [-0.25, -0.2) is 13.2 Å². The Morgan fingerprint density at radius 2 is 1.56 bits per heavy atom. The molecule has 3 aromatic rings. The van der Waals surface area contributed by atoms with Gasteiger partial charge in [0, 0.05) is 12.6 Å². The van der Waals surface area contributed by atoms with Gasteiger partial charge in [-0.2, -0.15) is 0 Å². The van der Waals surface area contributed by atoms with E-state index in [1.54, 1.807) is 55.5 Å². The minimum absolute atomic E-state index is 0.0636. The Morgan fingerprint density at radius 3 is 2.18 bits per heavy atom. The van der Waals surface area contributed by atoms with Gasteiger partial charge in [-0.3, -0.25) is 9.10 Å². The van der Waals surface area contributed by atoms with Crippen molar-refractivity contribution in [3.8, 4) is 5.75 Å². The van der Waals surface area contributed by atoms with Crippen molar-refractivity contribution in [2.75, 3.05) is 24.6 Å². The smallest absolute Gasteiger partial charge is 0.338 e. The maximum atomic E-state index is 13.2. The molecule has 0 spiro atoms. The molecular formula is C26H27NO6S. The molecule has 0 aliphatic carbocycles. The summed E-state index contributed by atoms with van der Waals surface area (Å²) in [6.07, 6.45) is 0. The molecule has 0 aliphatic rings. The van der Waals surface area contributed by atoms with Crippen molar-refractivity contribution in [1.29, 1.82) is 0 Å². The molecule has 0 aliphatic heterocycles. The monoisotopic (exact) mass is 481 g/mol. The Morgan fingerprint density at radius 1 is 0.912 bits per heavy atom. The van der Waals surface area contributed by atoms with Crippen molar-refractivity contribution >= 4 is 27.5 Å². The summed E-state index contributed by atoms with van der Waals surface area (Å²) in [6, 6.07) is 17.8. The van der Waals surface area contributed by atoms with Gasteiger partial charge in [0.25, 0.3) is 10.0 Å². The Balaban J connectivity index is 1.77. The number of Topliss-reactive ketones (excluding diaryl/α,β-unsaturated/α-hetero) is 1. The lowest BCUT2D eigenvalue weighted by Crippen LogP contribution is -2.27. The van der Waals surface area contributed by atoms with Crippen LogP contribution in [0.1, 0.15) is 38.8 Å². The van der Waals surface area contributed by atoms with Crippen LogP contribution < -0.4 is 9.04 Å². The average molecular weight is 482 g/mol. The van der Waals surface area contributed by atoms with Gasteiger partial charge in [-0.15, -0.1) is 0 Å². The van der Waals surface area contributed by atoms with Crippen molar-refractivity contribution in [3.05, 3.63) is 89.0 Å². The molecule has 0 radical (unpaired) electrons. The van der Waals surface area contributed by atoms with E-state index in [2.05, 4.69) is 0 Å². The molecule has 8 heteroatoms. The zero-order valence-electron chi connectivity index (χ0n) is 19.6. The number of ketones is 1. The highest BCUT2D eigenvalue weighted by Gasteiger charge is 2.24. The van der Waals surface area contributed by atoms with Crippen molar-refractivity contribution < 1.29 is 27.5 Å². The number of carbonyl (C=O) groups excluding carboxylic acids is 2. The van der Waals surface area contributed by atoms with Crippen LogP contribution in [0.5, 0.6) is 5.75 Å². The zero-order chi connectivity index (χ0) is 24.9. The number of hydrogen-bond donors (Lipinski definition) is 0. The standard InChI is InChI=1S/C26H27NO6S/c1-5-32-22-13-11-21(12-14-22)27(4)34(30,31)23-15-8-19(3)24(16-23)26(29)33-17-25(28)20-9-6-18(2)7-10-20/h6-16H,5,17H2,1-4H3. The summed E-state index contributed by atoms with van der Waals surface area (Å²) in [6.45, 7) is 5.51. The predicted octanol–water partition coefficient (Wildman–Crippen LogP) is 4.57. The maximum absolute atomic E-state index is 13.2. The summed E-state index contributed by atoms with van der Waals surface area (Å²) in [5.74, 6) is -0.471. The van der Waals surface area contributed by atoms with E-state index < -0.39 is 22.6 Å². The molecule has 34 heavy (non-hydrogen) atoms. The molecule has 0 amide bonds. The Kier molecular flexibility index (Phi) is 7.73. The molecule has 0 heterocycles. The molecule has 0 fully saturated rings. The van der Waals surface area contributed by atoms with E-state index in [1.807, 2.05) is 13.8 Å². The molecule has 0 unspecified atom stereocenters. The first-order valence-electron chi connectivity index (χ1n) is 10.7. The molecule has 0 saturated heterocycles. The summed E-state index contributed by atoms with van der Waals surface area (Å²) in [4.78, 5) is 24.9. The summed E-state index contributed by atoms with van der Waals surface area (Å²) in [5, 5.41) is 0. The van der Waals surface area contributed by atoms with E-state index in [0.29, 0.717) is 29.2 Å². The molecule has 0 saturated carbocycles. The average Bonchev–Trinajstić information content (AvgIpc) is 2.83.